The lowest BCUT2D eigenvalue weighted by atomic mass is 10.2. The summed E-state index contributed by atoms with van der Waals surface area (Å²) in [5, 5.41) is 3.05. The van der Waals surface area contributed by atoms with Gasteiger partial charge in [0.25, 0.3) is 5.91 Å². The standard InChI is InChI=1S/C11H13ClN2O3/c12-7-2-1-3-8(13)10(7)14-11(15)9-6-16-4-5-17-9/h1-3,9H,4-6,13H2,(H,14,15). The van der Waals surface area contributed by atoms with E-state index >= 15 is 0 Å². The Balaban J connectivity index is 2.07. The van der Waals surface area contributed by atoms with Crippen molar-refractivity contribution in [3.63, 3.8) is 0 Å². The molecular weight excluding hydrogens is 244 g/mol. The van der Waals surface area contributed by atoms with Gasteiger partial charge in [-0.1, -0.05) is 17.7 Å². The molecule has 0 radical (unpaired) electrons. The summed E-state index contributed by atoms with van der Waals surface area (Å²) < 4.78 is 10.4. The number of hydrogen-bond acceptors (Lipinski definition) is 4. The zero-order valence-electron chi connectivity index (χ0n) is 9.11. The summed E-state index contributed by atoms with van der Waals surface area (Å²) in [6, 6.07) is 5.04. The number of nitrogen functional groups attached to an aromatic ring is 1. The monoisotopic (exact) mass is 256 g/mol. The molecule has 0 bridgehead atoms. The van der Waals surface area contributed by atoms with Crippen molar-refractivity contribution in [1.29, 1.82) is 0 Å². The van der Waals surface area contributed by atoms with Crippen LogP contribution in [0, 0.1) is 0 Å². The highest BCUT2D eigenvalue weighted by molar-refractivity contribution is 6.34. The fourth-order valence-corrected chi connectivity index (χ4v) is 1.74. The van der Waals surface area contributed by atoms with Crippen LogP contribution in [-0.4, -0.2) is 31.8 Å². The van der Waals surface area contributed by atoms with Gasteiger partial charge in [-0.2, -0.15) is 0 Å². The molecule has 3 N–H and O–H groups in total. The minimum absolute atomic E-state index is 0.246. The third kappa shape index (κ3) is 2.88. The summed E-state index contributed by atoms with van der Waals surface area (Å²) in [4.78, 5) is 11.8. The number of hydrogen-bond donors (Lipinski definition) is 2. The molecule has 1 fully saturated rings. The molecular formula is C11H13ClN2O3. The van der Waals surface area contributed by atoms with E-state index in [1.807, 2.05) is 0 Å². The van der Waals surface area contributed by atoms with E-state index in [1.165, 1.54) is 0 Å². The highest BCUT2D eigenvalue weighted by atomic mass is 35.5. The number of rotatable bonds is 2. The molecule has 1 atom stereocenters. The number of nitrogens with one attached hydrogen (secondary N) is 1. The van der Waals surface area contributed by atoms with Gasteiger partial charge in [0.1, 0.15) is 0 Å². The summed E-state index contributed by atoms with van der Waals surface area (Å²) in [7, 11) is 0. The second kappa shape index (κ2) is 5.35. The van der Waals surface area contributed by atoms with Crippen molar-refractivity contribution >= 4 is 28.9 Å². The zero-order chi connectivity index (χ0) is 12.3. The molecule has 5 nitrogen and oxygen atoms in total. The van der Waals surface area contributed by atoms with Gasteiger partial charge in [-0.05, 0) is 12.1 Å². The van der Waals surface area contributed by atoms with Crippen molar-refractivity contribution in [2.24, 2.45) is 0 Å². The van der Waals surface area contributed by atoms with Crippen molar-refractivity contribution in [2.75, 3.05) is 30.9 Å². The molecule has 6 heteroatoms. The van der Waals surface area contributed by atoms with Gasteiger partial charge in [-0.3, -0.25) is 4.79 Å². The first-order valence-electron chi connectivity index (χ1n) is 5.22. The smallest absolute Gasteiger partial charge is 0.256 e. The topological polar surface area (TPSA) is 73.6 Å². The lowest BCUT2D eigenvalue weighted by molar-refractivity contribution is -0.142. The van der Waals surface area contributed by atoms with E-state index < -0.39 is 6.10 Å². The number of halogens is 1. The van der Waals surface area contributed by atoms with Crippen LogP contribution in [0.1, 0.15) is 0 Å². The second-order valence-corrected chi connectivity index (χ2v) is 4.03. The molecule has 0 aromatic heterocycles. The second-order valence-electron chi connectivity index (χ2n) is 3.63. The molecule has 2 rings (SSSR count). The maximum absolute atomic E-state index is 11.8. The van der Waals surface area contributed by atoms with Crippen LogP contribution in [0.15, 0.2) is 18.2 Å². The maximum atomic E-state index is 11.8. The molecule has 1 aliphatic rings. The number of benzene rings is 1. The number of ether oxygens (including phenoxy) is 2. The molecule has 0 aliphatic carbocycles. The van der Waals surface area contributed by atoms with Crippen LogP contribution in [0.5, 0.6) is 0 Å². The number of carbonyl (C=O) groups is 1. The fourth-order valence-electron chi connectivity index (χ4n) is 1.52. The van der Waals surface area contributed by atoms with E-state index in [2.05, 4.69) is 5.32 Å². The van der Waals surface area contributed by atoms with Crippen molar-refractivity contribution in [1.82, 2.24) is 0 Å². The third-order valence-corrected chi connectivity index (χ3v) is 2.72. The third-order valence-electron chi connectivity index (χ3n) is 2.40. The Morgan fingerprint density at radius 1 is 1.47 bits per heavy atom. The molecule has 1 heterocycles. The van der Waals surface area contributed by atoms with Crippen molar-refractivity contribution in [3.05, 3.63) is 23.2 Å². The highest BCUT2D eigenvalue weighted by Crippen LogP contribution is 2.28. The van der Waals surface area contributed by atoms with Gasteiger partial charge in [0, 0.05) is 0 Å². The number of amides is 1. The first-order chi connectivity index (χ1) is 8.18. The van der Waals surface area contributed by atoms with Crippen LogP contribution < -0.4 is 11.1 Å². The molecule has 0 spiro atoms. The Kier molecular flexibility index (Phi) is 3.83. The van der Waals surface area contributed by atoms with Gasteiger partial charge < -0.3 is 20.5 Å². The Morgan fingerprint density at radius 3 is 2.94 bits per heavy atom. The van der Waals surface area contributed by atoms with E-state index in [4.69, 9.17) is 26.8 Å². The van der Waals surface area contributed by atoms with Crippen LogP contribution in [0.4, 0.5) is 11.4 Å². The first kappa shape index (κ1) is 12.2. The van der Waals surface area contributed by atoms with Gasteiger partial charge in [0.15, 0.2) is 6.10 Å². The minimum Gasteiger partial charge on any atom is -0.397 e. The molecule has 17 heavy (non-hydrogen) atoms. The summed E-state index contributed by atoms with van der Waals surface area (Å²) in [6.45, 7) is 1.17. The van der Waals surface area contributed by atoms with E-state index in [9.17, 15) is 4.79 Å². The average molecular weight is 257 g/mol. The molecule has 1 aromatic carbocycles. The van der Waals surface area contributed by atoms with E-state index in [0.29, 0.717) is 29.6 Å². The molecule has 1 unspecified atom stereocenters. The van der Waals surface area contributed by atoms with Crippen LogP contribution in [0.2, 0.25) is 5.02 Å². The van der Waals surface area contributed by atoms with E-state index in [0.717, 1.165) is 0 Å². The fraction of sp³-hybridized carbons (Fsp3) is 0.364. The SMILES string of the molecule is Nc1cccc(Cl)c1NC(=O)C1COCCO1. The average Bonchev–Trinajstić information content (AvgIpc) is 2.35. The van der Waals surface area contributed by atoms with Crippen molar-refractivity contribution in [3.8, 4) is 0 Å². The first-order valence-corrected chi connectivity index (χ1v) is 5.60. The quantitative estimate of drug-likeness (QED) is 0.782. The Bertz CT molecular complexity index is 399. The highest BCUT2D eigenvalue weighted by Gasteiger charge is 2.23. The van der Waals surface area contributed by atoms with Gasteiger partial charge in [-0.15, -0.1) is 0 Å². The number of carbonyl (C=O) groups excluding carboxylic acids is 1. The van der Waals surface area contributed by atoms with Crippen molar-refractivity contribution in [2.45, 2.75) is 6.10 Å². The Morgan fingerprint density at radius 2 is 2.29 bits per heavy atom. The maximum Gasteiger partial charge on any atom is 0.256 e. The predicted octanol–water partition coefficient (Wildman–Crippen LogP) is 1.28. The molecule has 0 saturated carbocycles. The lowest BCUT2D eigenvalue weighted by Gasteiger charge is -2.22. The van der Waals surface area contributed by atoms with Crippen LogP contribution in [-0.2, 0) is 14.3 Å². The molecule has 1 saturated heterocycles. The van der Waals surface area contributed by atoms with Crippen LogP contribution in [0.25, 0.3) is 0 Å². The largest absolute Gasteiger partial charge is 0.397 e. The van der Waals surface area contributed by atoms with Crippen molar-refractivity contribution < 1.29 is 14.3 Å². The van der Waals surface area contributed by atoms with Gasteiger partial charge in [-0.25, -0.2) is 0 Å². The van der Waals surface area contributed by atoms with Gasteiger partial charge in [0.2, 0.25) is 0 Å². The molecule has 1 aliphatic heterocycles. The Labute approximate surface area is 104 Å². The normalized spacial score (nSPS) is 19.9. The summed E-state index contributed by atoms with van der Waals surface area (Å²) in [5.74, 6) is -0.301. The summed E-state index contributed by atoms with van der Waals surface area (Å²) in [5.41, 5.74) is 6.56. The summed E-state index contributed by atoms with van der Waals surface area (Å²) >= 11 is 5.95. The number of nitrogens with two attached hydrogens (primary N) is 1. The predicted molar refractivity (Wildman–Crippen MR) is 65.1 cm³/mol. The van der Waals surface area contributed by atoms with Gasteiger partial charge in [0.05, 0.1) is 36.2 Å². The zero-order valence-corrected chi connectivity index (χ0v) is 9.87. The van der Waals surface area contributed by atoms with Crippen LogP contribution >= 0.6 is 11.6 Å². The van der Waals surface area contributed by atoms with Crippen LogP contribution in [0.3, 0.4) is 0 Å². The molecule has 1 aromatic rings. The minimum atomic E-state index is -0.612. The Hall–Kier alpha value is -1.30. The summed E-state index contributed by atoms with van der Waals surface area (Å²) in [6.07, 6.45) is -0.612. The van der Waals surface area contributed by atoms with E-state index in [-0.39, 0.29) is 12.5 Å². The number of anilines is 2. The molecule has 92 valence electrons. The lowest BCUT2D eigenvalue weighted by Crippen LogP contribution is -2.39. The molecule has 1 amide bonds. The van der Waals surface area contributed by atoms with E-state index in [1.54, 1.807) is 18.2 Å². The number of para-hydroxylation sites is 1. The van der Waals surface area contributed by atoms with Gasteiger partial charge >= 0.3 is 0 Å².